The van der Waals surface area contributed by atoms with E-state index < -0.39 is 0 Å². The molecule has 0 aliphatic rings. The fourth-order valence-electron chi connectivity index (χ4n) is 2.37. The zero-order chi connectivity index (χ0) is 16.9. The van der Waals surface area contributed by atoms with Gasteiger partial charge in [0.15, 0.2) is 5.58 Å². The highest BCUT2D eigenvalue weighted by Crippen LogP contribution is 2.24. The van der Waals surface area contributed by atoms with E-state index in [9.17, 15) is 4.79 Å². The van der Waals surface area contributed by atoms with Crippen LogP contribution >= 0.6 is 11.8 Å². The van der Waals surface area contributed by atoms with E-state index in [1.807, 2.05) is 36.4 Å². The molecule has 3 aromatic rings. The van der Waals surface area contributed by atoms with Crippen LogP contribution in [0.1, 0.15) is 31.7 Å². The number of carbonyl (C=O) groups excluding carboxylic acids is 1. The Kier molecular flexibility index (Phi) is 5.20. The molecule has 1 heterocycles. The van der Waals surface area contributed by atoms with Gasteiger partial charge in [0, 0.05) is 5.69 Å². The second kappa shape index (κ2) is 7.53. The molecule has 2 aromatic carbocycles. The first-order chi connectivity index (χ1) is 11.7. The predicted molar refractivity (Wildman–Crippen MR) is 98.5 cm³/mol. The first-order valence-corrected chi connectivity index (χ1v) is 9.02. The van der Waals surface area contributed by atoms with Gasteiger partial charge >= 0.3 is 0 Å². The fraction of sp³-hybridized carbons (Fsp3) is 0.263. The molecule has 1 amide bonds. The van der Waals surface area contributed by atoms with Crippen molar-refractivity contribution in [1.82, 2.24) is 4.98 Å². The molecule has 0 aliphatic carbocycles. The first kappa shape index (κ1) is 16.6. The van der Waals surface area contributed by atoms with Crippen LogP contribution in [-0.2, 0) is 4.79 Å². The Hall–Kier alpha value is -2.27. The van der Waals surface area contributed by atoms with Crippen molar-refractivity contribution in [2.75, 3.05) is 11.1 Å². The number of nitrogens with zero attached hydrogens (tertiary/aromatic N) is 1. The Labute approximate surface area is 145 Å². The number of amides is 1. The van der Waals surface area contributed by atoms with E-state index in [-0.39, 0.29) is 11.7 Å². The maximum atomic E-state index is 12.1. The van der Waals surface area contributed by atoms with Crippen LogP contribution in [0.5, 0.6) is 0 Å². The highest BCUT2D eigenvalue weighted by molar-refractivity contribution is 7.99. The fourth-order valence-corrected chi connectivity index (χ4v) is 3.01. The first-order valence-electron chi connectivity index (χ1n) is 8.04. The van der Waals surface area contributed by atoms with Crippen LogP contribution in [0.4, 0.5) is 5.69 Å². The monoisotopic (exact) mass is 340 g/mol. The molecular weight excluding hydrogens is 320 g/mol. The lowest BCUT2D eigenvalue weighted by molar-refractivity contribution is -0.113. The number of nitrogens with one attached hydrogen (secondary N) is 1. The molecule has 0 bridgehead atoms. The SMILES string of the molecule is CCC(C)c1ccc(NC(=O)CSc2nc3ccccc3o2)cc1. The lowest BCUT2D eigenvalue weighted by Crippen LogP contribution is -2.14. The van der Waals surface area contributed by atoms with Crippen LogP contribution in [0, 0.1) is 0 Å². The normalized spacial score (nSPS) is 12.2. The van der Waals surface area contributed by atoms with Crippen molar-refractivity contribution in [3.05, 3.63) is 54.1 Å². The number of oxazole rings is 1. The number of para-hydroxylation sites is 2. The van der Waals surface area contributed by atoms with Crippen LogP contribution < -0.4 is 5.32 Å². The van der Waals surface area contributed by atoms with Crippen LogP contribution in [-0.4, -0.2) is 16.6 Å². The number of thioether (sulfide) groups is 1. The number of anilines is 1. The third-order valence-corrected chi connectivity index (χ3v) is 4.80. The topological polar surface area (TPSA) is 55.1 Å². The van der Waals surface area contributed by atoms with Gasteiger partial charge in [-0.3, -0.25) is 4.79 Å². The number of aromatic nitrogens is 1. The van der Waals surface area contributed by atoms with Crippen LogP contribution in [0.25, 0.3) is 11.1 Å². The van der Waals surface area contributed by atoms with E-state index in [2.05, 4.69) is 36.3 Å². The number of fused-ring (bicyclic) bond motifs is 1. The van der Waals surface area contributed by atoms with Gasteiger partial charge in [0.25, 0.3) is 5.22 Å². The highest BCUT2D eigenvalue weighted by Gasteiger charge is 2.10. The predicted octanol–water partition coefficient (Wildman–Crippen LogP) is 5.07. The molecule has 124 valence electrons. The Balaban J connectivity index is 1.55. The molecule has 1 aromatic heterocycles. The summed E-state index contributed by atoms with van der Waals surface area (Å²) in [5, 5.41) is 3.41. The summed E-state index contributed by atoms with van der Waals surface area (Å²) >= 11 is 1.30. The molecule has 0 fully saturated rings. The molecular formula is C19H20N2O2S. The number of benzene rings is 2. The number of rotatable bonds is 6. The highest BCUT2D eigenvalue weighted by atomic mass is 32.2. The minimum atomic E-state index is -0.0708. The van der Waals surface area contributed by atoms with Gasteiger partial charge in [-0.15, -0.1) is 0 Å². The molecule has 1 atom stereocenters. The summed E-state index contributed by atoms with van der Waals surface area (Å²) in [6.45, 7) is 4.37. The Bertz CT molecular complexity index is 794. The summed E-state index contributed by atoms with van der Waals surface area (Å²) in [5.41, 5.74) is 3.64. The molecule has 4 nitrogen and oxygen atoms in total. The maximum absolute atomic E-state index is 12.1. The molecule has 0 spiro atoms. The average molecular weight is 340 g/mol. The molecule has 0 saturated carbocycles. The smallest absolute Gasteiger partial charge is 0.257 e. The van der Waals surface area contributed by atoms with E-state index in [1.54, 1.807) is 0 Å². The van der Waals surface area contributed by atoms with Crippen molar-refractivity contribution >= 4 is 34.5 Å². The van der Waals surface area contributed by atoms with E-state index in [1.165, 1.54) is 17.3 Å². The van der Waals surface area contributed by atoms with Crippen LogP contribution in [0.15, 0.2) is 58.2 Å². The summed E-state index contributed by atoms with van der Waals surface area (Å²) in [4.78, 5) is 16.4. The lowest BCUT2D eigenvalue weighted by atomic mass is 9.99. The third-order valence-electron chi connectivity index (χ3n) is 3.98. The number of carbonyl (C=O) groups is 1. The number of hydrogen-bond acceptors (Lipinski definition) is 4. The molecule has 0 aliphatic heterocycles. The van der Waals surface area contributed by atoms with E-state index >= 15 is 0 Å². The van der Waals surface area contributed by atoms with Gasteiger partial charge in [-0.25, -0.2) is 4.98 Å². The molecule has 24 heavy (non-hydrogen) atoms. The van der Waals surface area contributed by atoms with Gasteiger partial charge in [-0.2, -0.15) is 0 Å². The van der Waals surface area contributed by atoms with E-state index in [4.69, 9.17) is 4.42 Å². The summed E-state index contributed by atoms with van der Waals surface area (Å²) in [5.74, 6) is 0.725. The van der Waals surface area contributed by atoms with Gasteiger partial charge in [0.1, 0.15) is 5.52 Å². The quantitative estimate of drug-likeness (QED) is 0.636. The van der Waals surface area contributed by atoms with Crippen molar-refractivity contribution in [2.24, 2.45) is 0 Å². The van der Waals surface area contributed by atoms with Gasteiger partial charge in [-0.1, -0.05) is 49.9 Å². The largest absolute Gasteiger partial charge is 0.431 e. The Morgan fingerprint density at radius 3 is 2.67 bits per heavy atom. The van der Waals surface area contributed by atoms with Crippen molar-refractivity contribution < 1.29 is 9.21 Å². The van der Waals surface area contributed by atoms with Gasteiger partial charge in [0.2, 0.25) is 5.91 Å². The van der Waals surface area contributed by atoms with Crippen molar-refractivity contribution in [1.29, 1.82) is 0 Å². The molecule has 5 heteroatoms. The summed E-state index contributed by atoms with van der Waals surface area (Å²) in [6, 6.07) is 15.6. The second-order valence-electron chi connectivity index (χ2n) is 5.72. The zero-order valence-electron chi connectivity index (χ0n) is 13.8. The summed E-state index contributed by atoms with van der Waals surface area (Å²) < 4.78 is 5.59. The molecule has 0 radical (unpaired) electrons. The molecule has 0 saturated heterocycles. The van der Waals surface area contributed by atoms with Gasteiger partial charge in [-0.05, 0) is 42.2 Å². The van der Waals surface area contributed by atoms with E-state index in [0.29, 0.717) is 11.1 Å². The molecule has 1 unspecified atom stereocenters. The average Bonchev–Trinajstić information content (AvgIpc) is 3.03. The van der Waals surface area contributed by atoms with E-state index in [0.717, 1.165) is 23.2 Å². The molecule has 3 rings (SSSR count). The van der Waals surface area contributed by atoms with Crippen molar-refractivity contribution in [3.8, 4) is 0 Å². The maximum Gasteiger partial charge on any atom is 0.257 e. The van der Waals surface area contributed by atoms with Gasteiger partial charge < -0.3 is 9.73 Å². The van der Waals surface area contributed by atoms with Crippen LogP contribution in [0.3, 0.4) is 0 Å². The minimum absolute atomic E-state index is 0.0708. The lowest BCUT2D eigenvalue weighted by Gasteiger charge is -2.10. The Morgan fingerprint density at radius 1 is 1.21 bits per heavy atom. The van der Waals surface area contributed by atoms with Crippen molar-refractivity contribution in [3.63, 3.8) is 0 Å². The third kappa shape index (κ3) is 3.97. The second-order valence-corrected chi connectivity index (χ2v) is 6.64. The van der Waals surface area contributed by atoms with Crippen molar-refractivity contribution in [2.45, 2.75) is 31.4 Å². The number of hydrogen-bond donors (Lipinski definition) is 1. The Morgan fingerprint density at radius 2 is 1.96 bits per heavy atom. The van der Waals surface area contributed by atoms with Gasteiger partial charge in [0.05, 0.1) is 5.75 Å². The minimum Gasteiger partial charge on any atom is -0.431 e. The molecule has 1 N–H and O–H groups in total. The zero-order valence-corrected chi connectivity index (χ0v) is 14.6. The standard InChI is InChI=1S/C19H20N2O2S/c1-3-13(2)14-8-10-15(11-9-14)20-18(22)12-24-19-21-16-6-4-5-7-17(16)23-19/h4-11,13H,3,12H2,1-2H3,(H,20,22). The van der Waals surface area contributed by atoms with Crippen LogP contribution in [0.2, 0.25) is 0 Å². The summed E-state index contributed by atoms with van der Waals surface area (Å²) in [6.07, 6.45) is 1.10. The summed E-state index contributed by atoms with van der Waals surface area (Å²) in [7, 11) is 0.